The van der Waals surface area contributed by atoms with Gasteiger partial charge in [0.2, 0.25) is 5.91 Å². The number of hydrogen-bond acceptors (Lipinski definition) is 14. The van der Waals surface area contributed by atoms with Gasteiger partial charge in [0.25, 0.3) is 0 Å². The Morgan fingerprint density at radius 3 is 1.10 bits per heavy atom. The zero-order chi connectivity index (χ0) is 84.3. The first-order valence-electron chi connectivity index (χ1n) is 49.6. The SMILES string of the molecule is CC(C)CCC(CCOC(=O)CCCCCCCCCC(CCCCCCCCCC(=O)OCCC(CCC(C)C)C(C)CCC(C)CCC(COC(=O)CCCCCCCCCC(CCCCCCCCCC(=O)OCC(CCC(C)C)C(C)C)NC(=O)CCN1CCN(C)CC1)C(C)C)OCCCCN1CCOCC1)C(C)C. The lowest BCUT2D eigenvalue weighted by atomic mass is 9.80. The molecule has 2 saturated heterocycles. The Labute approximate surface area is 711 Å². The van der Waals surface area contributed by atoms with Gasteiger partial charge in [-0.05, 0) is 187 Å². The second-order valence-corrected chi connectivity index (χ2v) is 39.2. The lowest BCUT2D eigenvalue weighted by Gasteiger charge is -2.32. The van der Waals surface area contributed by atoms with E-state index in [0.717, 1.165) is 219 Å². The van der Waals surface area contributed by atoms with E-state index in [1.165, 1.54) is 154 Å². The molecule has 15 heteroatoms. The fourth-order valence-corrected chi connectivity index (χ4v) is 17.0. The Bertz CT molecular complexity index is 2270. The van der Waals surface area contributed by atoms with Crippen LogP contribution in [0.1, 0.15) is 424 Å². The largest absolute Gasteiger partial charge is 0.466 e. The first-order valence-corrected chi connectivity index (χ1v) is 49.6. The van der Waals surface area contributed by atoms with Crippen LogP contribution in [0.2, 0.25) is 0 Å². The predicted octanol–water partition coefficient (Wildman–Crippen LogP) is 25.2. The third-order valence-corrected chi connectivity index (χ3v) is 26.2. The van der Waals surface area contributed by atoms with Crippen LogP contribution in [-0.4, -0.2) is 162 Å². The molecule has 678 valence electrons. The molecule has 8 unspecified atom stereocenters. The van der Waals surface area contributed by atoms with Gasteiger partial charge in [-0.3, -0.25) is 28.9 Å². The molecule has 0 aromatic rings. The molecule has 0 spiro atoms. The summed E-state index contributed by atoms with van der Waals surface area (Å²) in [4.78, 5) is 71.6. The van der Waals surface area contributed by atoms with Crippen molar-refractivity contribution in [1.82, 2.24) is 20.0 Å². The summed E-state index contributed by atoms with van der Waals surface area (Å²) in [6.07, 6.45) is 55.4. The predicted molar refractivity (Wildman–Crippen MR) is 483 cm³/mol. The van der Waals surface area contributed by atoms with Gasteiger partial charge in [0.15, 0.2) is 0 Å². The minimum atomic E-state index is -0.0451. The molecule has 2 aliphatic rings. The molecule has 2 aliphatic heterocycles. The number of morpholine rings is 1. The molecule has 0 bridgehead atoms. The number of rotatable bonds is 79. The third-order valence-electron chi connectivity index (χ3n) is 26.2. The number of nitrogens with one attached hydrogen (secondary N) is 1. The van der Waals surface area contributed by atoms with Gasteiger partial charge >= 0.3 is 23.9 Å². The number of nitrogens with zero attached hydrogens (tertiary/aromatic N) is 3. The van der Waals surface area contributed by atoms with E-state index in [9.17, 15) is 24.0 Å². The number of ether oxygens (including phenoxy) is 6. The van der Waals surface area contributed by atoms with Crippen LogP contribution in [0.15, 0.2) is 0 Å². The normalized spacial score (nSPS) is 16.2. The first-order chi connectivity index (χ1) is 55.4. The maximum atomic E-state index is 13.3. The second-order valence-electron chi connectivity index (χ2n) is 39.2. The van der Waals surface area contributed by atoms with Crippen LogP contribution in [0.3, 0.4) is 0 Å². The van der Waals surface area contributed by atoms with Gasteiger partial charge in [0.1, 0.15) is 0 Å². The van der Waals surface area contributed by atoms with Gasteiger partial charge in [-0.25, -0.2) is 0 Å². The number of carbonyl (C=O) groups excluding carboxylic acids is 5. The molecule has 15 nitrogen and oxygen atoms in total. The van der Waals surface area contributed by atoms with Crippen LogP contribution in [-0.2, 0) is 52.4 Å². The monoisotopic (exact) mass is 1630 g/mol. The fraction of sp³-hybridized carbons (Fsp3) is 0.950. The molecule has 2 fully saturated rings. The van der Waals surface area contributed by atoms with E-state index < -0.39 is 0 Å². The smallest absolute Gasteiger partial charge is 0.305 e. The van der Waals surface area contributed by atoms with E-state index >= 15 is 0 Å². The van der Waals surface area contributed by atoms with Gasteiger partial charge in [-0.15, -0.1) is 0 Å². The maximum Gasteiger partial charge on any atom is 0.305 e. The van der Waals surface area contributed by atoms with E-state index in [-0.39, 0.29) is 35.8 Å². The molecule has 0 aliphatic carbocycles. The van der Waals surface area contributed by atoms with Crippen molar-refractivity contribution in [3.8, 4) is 0 Å². The van der Waals surface area contributed by atoms with Crippen LogP contribution in [0.5, 0.6) is 0 Å². The quantitative estimate of drug-likeness (QED) is 0.0348. The Kier molecular flexibility index (Phi) is 68.5. The number of carbonyl (C=O) groups is 5. The molecule has 0 radical (unpaired) electrons. The average molecular weight is 1630 g/mol. The number of hydrogen-bond donors (Lipinski definition) is 1. The topological polar surface area (TPSA) is 162 Å². The zero-order valence-electron chi connectivity index (χ0n) is 78.6. The first kappa shape index (κ1) is 108. The summed E-state index contributed by atoms with van der Waals surface area (Å²) in [6.45, 7) is 45.3. The van der Waals surface area contributed by atoms with Crippen LogP contribution in [0.25, 0.3) is 0 Å². The molecule has 0 aromatic carbocycles. The maximum absolute atomic E-state index is 13.3. The molecule has 1 N–H and O–H groups in total. The molecule has 0 saturated carbocycles. The summed E-state index contributed by atoms with van der Waals surface area (Å²) in [7, 11) is 2.18. The van der Waals surface area contributed by atoms with Crippen molar-refractivity contribution >= 4 is 29.8 Å². The van der Waals surface area contributed by atoms with Crippen LogP contribution in [0.4, 0.5) is 0 Å². The molecule has 2 heterocycles. The van der Waals surface area contributed by atoms with E-state index in [2.05, 4.69) is 124 Å². The molecule has 8 atom stereocenters. The Morgan fingerprint density at radius 1 is 0.313 bits per heavy atom. The van der Waals surface area contributed by atoms with Crippen molar-refractivity contribution in [2.45, 2.75) is 437 Å². The number of amides is 1. The molecular weight excluding hydrogens is 1430 g/mol. The summed E-state index contributed by atoms with van der Waals surface area (Å²) < 4.78 is 35.4. The van der Waals surface area contributed by atoms with Crippen molar-refractivity contribution in [3.63, 3.8) is 0 Å². The zero-order valence-corrected chi connectivity index (χ0v) is 78.6. The van der Waals surface area contributed by atoms with Gasteiger partial charge in [-0.1, -0.05) is 290 Å². The second kappa shape index (κ2) is 72.8. The van der Waals surface area contributed by atoms with Crippen molar-refractivity contribution < 1.29 is 52.4 Å². The van der Waals surface area contributed by atoms with Crippen LogP contribution >= 0.6 is 0 Å². The number of unbranched alkanes of at least 4 members (excludes halogenated alkanes) is 25. The highest BCUT2D eigenvalue weighted by Gasteiger charge is 2.25. The molecule has 1 amide bonds. The van der Waals surface area contributed by atoms with Crippen molar-refractivity contribution in [2.24, 2.45) is 71.0 Å². The van der Waals surface area contributed by atoms with Crippen LogP contribution < -0.4 is 5.32 Å². The third kappa shape index (κ3) is 64.6. The van der Waals surface area contributed by atoms with Gasteiger partial charge in [0.05, 0.1) is 45.7 Å². The summed E-state index contributed by atoms with van der Waals surface area (Å²) in [6, 6.07) is 0.239. The minimum absolute atomic E-state index is 0.0160. The van der Waals surface area contributed by atoms with Gasteiger partial charge in [-0.2, -0.15) is 0 Å². The highest BCUT2D eigenvalue weighted by molar-refractivity contribution is 5.76. The highest BCUT2D eigenvalue weighted by Crippen LogP contribution is 2.32. The highest BCUT2D eigenvalue weighted by atomic mass is 16.5. The summed E-state index contributed by atoms with van der Waals surface area (Å²) >= 11 is 0. The Balaban J connectivity index is 1.62. The fourth-order valence-electron chi connectivity index (χ4n) is 17.0. The lowest BCUT2D eigenvalue weighted by Crippen LogP contribution is -2.46. The standard InChI is InChI=1S/C100H192N4O11/c1-82(2)54-60-90(85(7)8)65-76-112-97(106)50-40-32-26-18-22-30-38-48-95(111-75-45-44-67-103-73-78-110-79-74-103)49-39-31-23-19-27-33-41-51-98(107)113-77-66-91(61-55-83(3)4)89(14)59-57-88(13)58-63-93(87(11)12)81-115-100(109)53-43-35-25-17-21-29-37-47-94(101-96(105)64-68-104-71-69-102(15)70-72-104)46-36-28-20-16-24-34-42-52-99(108)114-80-92(86(9)10)62-56-84(5)6/h82-95H,16-81H2,1-15H3,(H,101,105). The Hall–Kier alpha value is -2.85. The van der Waals surface area contributed by atoms with Crippen molar-refractivity contribution in [2.75, 3.05) is 106 Å². The van der Waals surface area contributed by atoms with E-state index in [1.54, 1.807) is 0 Å². The van der Waals surface area contributed by atoms with Crippen molar-refractivity contribution in [1.29, 1.82) is 0 Å². The summed E-state index contributed by atoms with van der Waals surface area (Å²) in [5, 5.41) is 3.47. The summed E-state index contributed by atoms with van der Waals surface area (Å²) in [5.74, 6) is 6.94. The van der Waals surface area contributed by atoms with Gasteiger partial charge < -0.3 is 43.5 Å². The molecular formula is C100H192N4O11. The van der Waals surface area contributed by atoms with E-state index in [4.69, 9.17) is 28.4 Å². The van der Waals surface area contributed by atoms with E-state index in [1.807, 2.05) is 0 Å². The minimum Gasteiger partial charge on any atom is -0.466 e. The molecule has 0 aromatic heterocycles. The van der Waals surface area contributed by atoms with Gasteiger partial charge in [0, 0.05) is 90.6 Å². The number of esters is 4. The molecule has 2 rings (SSSR count). The van der Waals surface area contributed by atoms with Crippen LogP contribution in [0, 0.1) is 71.0 Å². The number of piperazine rings is 1. The average Bonchev–Trinajstić information content (AvgIpc) is 1.04. The number of likely N-dealkylation sites (N-methyl/N-ethyl adjacent to an activating group) is 1. The summed E-state index contributed by atoms with van der Waals surface area (Å²) in [5.41, 5.74) is 0. The van der Waals surface area contributed by atoms with E-state index in [0.29, 0.717) is 130 Å². The lowest BCUT2D eigenvalue weighted by molar-refractivity contribution is -0.146. The molecule has 115 heavy (non-hydrogen) atoms. The van der Waals surface area contributed by atoms with Crippen molar-refractivity contribution in [3.05, 3.63) is 0 Å². The Morgan fingerprint density at radius 2 is 0.670 bits per heavy atom.